The zero-order valence-corrected chi connectivity index (χ0v) is 11.6. The highest BCUT2D eigenvalue weighted by atomic mass is 32.1. The first-order valence-electron chi connectivity index (χ1n) is 6.38. The lowest BCUT2D eigenvalue weighted by atomic mass is 10.1. The maximum absolute atomic E-state index is 10.6. The Morgan fingerprint density at radius 3 is 2.75 bits per heavy atom. The molecular weight excluding hydrogens is 270 g/mol. The summed E-state index contributed by atoms with van der Waals surface area (Å²) in [6.07, 6.45) is 0.611. The van der Waals surface area contributed by atoms with Crippen LogP contribution >= 0.6 is 11.3 Å². The number of aromatic nitrogens is 1. The maximum atomic E-state index is 10.6. The van der Waals surface area contributed by atoms with Crippen LogP contribution in [0.3, 0.4) is 0 Å². The predicted molar refractivity (Wildman–Crippen MR) is 81.0 cm³/mol. The van der Waals surface area contributed by atoms with Crippen molar-refractivity contribution in [1.82, 2.24) is 4.98 Å². The van der Waals surface area contributed by atoms with Crippen LogP contribution in [0.4, 0.5) is 0 Å². The lowest BCUT2D eigenvalue weighted by Gasteiger charge is -2.00. The van der Waals surface area contributed by atoms with E-state index in [-0.39, 0.29) is 6.42 Å². The van der Waals surface area contributed by atoms with E-state index in [1.165, 1.54) is 10.8 Å². The Kier molecular flexibility index (Phi) is 3.48. The average Bonchev–Trinajstić information content (AvgIpc) is 2.93. The number of carbonyl (C=O) groups is 1. The zero-order chi connectivity index (χ0) is 13.9. The summed E-state index contributed by atoms with van der Waals surface area (Å²) in [5.74, 6) is -0.787. The van der Waals surface area contributed by atoms with Gasteiger partial charge in [-0.15, -0.1) is 11.3 Å². The van der Waals surface area contributed by atoms with Gasteiger partial charge in [0.25, 0.3) is 0 Å². The van der Waals surface area contributed by atoms with Crippen molar-refractivity contribution in [2.24, 2.45) is 0 Å². The average molecular weight is 283 g/mol. The van der Waals surface area contributed by atoms with Crippen LogP contribution < -0.4 is 0 Å². The van der Waals surface area contributed by atoms with E-state index in [2.05, 4.69) is 35.3 Å². The molecule has 4 heteroatoms. The molecule has 0 radical (unpaired) electrons. The lowest BCUT2D eigenvalue weighted by molar-refractivity contribution is -0.136. The smallest absolute Gasteiger partial charge is 0.303 e. The van der Waals surface area contributed by atoms with E-state index in [1.54, 1.807) is 11.3 Å². The Morgan fingerprint density at radius 1 is 1.15 bits per heavy atom. The van der Waals surface area contributed by atoms with Crippen molar-refractivity contribution in [2.75, 3.05) is 0 Å². The highest BCUT2D eigenvalue weighted by molar-refractivity contribution is 7.13. The van der Waals surface area contributed by atoms with Crippen LogP contribution in [0.25, 0.3) is 21.3 Å². The van der Waals surface area contributed by atoms with Crippen molar-refractivity contribution in [3.63, 3.8) is 0 Å². The van der Waals surface area contributed by atoms with Crippen LogP contribution in [0.1, 0.15) is 12.1 Å². The van der Waals surface area contributed by atoms with Gasteiger partial charge in [-0.25, -0.2) is 4.98 Å². The number of nitrogens with zero attached hydrogens (tertiary/aromatic N) is 1. The van der Waals surface area contributed by atoms with Gasteiger partial charge in [-0.3, -0.25) is 4.79 Å². The first kappa shape index (κ1) is 12.8. The molecule has 3 aromatic rings. The number of benzene rings is 2. The fourth-order valence-electron chi connectivity index (χ4n) is 2.11. The van der Waals surface area contributed by atoms with Crippen LogP contribution in [-0.2, 0) is 11.2 Å². The first-order valence-corrected chi connectivity index (χ1v) is 7.26. The second-order valence-corrected chi connectivity index (χ2v) is 5.46. The van der Waals surface area contributed by atoms with Crippen molar-refractivity contribution >= 4 is 28.1 Å². The summed E-state index contributed by atoms with van der Waals surface area (Å²) >= 11 is 1.56. The predicted octanol–water partition coefficient (Wildman–Crippen LogP) is 3.98. The van der Waals surface area contributed by atoms with Crippen molar-refractivity contribution < 1.29 is 9.90 Å². The van der Waals surface area contributed by atoms with Gasteiger partial charge in [0.05, 0.1) is 12.1 Å². The minimum absolute atomic E-state index is 0.126. The number of aliphatic carboxylic acids is 1. The van der Waals surface area contributed by atoms with Gasteiger partial charge in [0, 0.05) is 17.4 Å². The van der Waals surface area contributed by atoms with E-state index in [4.69, 9.17) is 5.11 Å². The topological polar surface area (TPSA) is 50.2 Å². The van der Waals surface area contributed by atoms with Crippen molar-refractivity contribution in [2.45, 2.75) is 12.8 Å². The molecule has 0 saturated carbocycles. The monoisotopic (exact) mass is 283 g/mol. The lowest BCUT2D eigenvalue weighted by Crippen LogP contribution is -1.97. The summed E-state index contributed by atoms with van der Waals surface area (Å²) in [7, 11) is 0. The molecule has 0 bridgehead atoms. The molecule has 0 spiro atoms. The number of hydrogen-bond acceptors (Lipinski definition) is 3. The number of thiazole rings is 1. The van der Waals surface area contributed by atoms with Gasteiger partial charge in [0.1, 0.15) is 5.01 Å². The third-order valence-corrected chi connectivity index (χ3v) is 4.08. The van der Waals surface area contributed by atoms with E-state index in [9.17, 15) is 4.79 Å². The summed E-state index contributed by atoms with van der Waals surface area (Å²) in [5.41, 5.74) is 1.93. The molecule has 100 valence electrons. The molecule has 1 aromatic heterocycles. The molecular formula is C16H13NO2S. The number of fused-ring (bicyclic) bond motifs is 1. The minimum Gasteiger partial charge on any atom is -0.481 e. The van der Waals surface area contributed by atoms with Crippen LogP contribution in [0.15, 0.2) is 47.8 Å². The first-order chi connectivity index (χ1) is 9.72. The number of rotatable bonds is 4. The molecule has 0 atom stereocenters. The maximum Gasteiger partial charge on any atom is 0.303 e. The van der Waals surface area contributed by atoms with Crippen molar-refractivity contribution in [1.29, 1.82) is 0 Å². The summed E-state index contributed by atoms with van der Waals surface area (Å²) in [6, 6.07) is 14.5. The summed E-state index contributed by atoms with van der Waals surface area (Å²) in [6.45, 7) is 0. The van der Waals surface area contributed by atoms with Gasteiger partial charge >= 0.3 is 5.97 Å². The Morgan fingerprint density at radius 2 is 1.95 bits per heavy atom. The second-order valence-electron chi connectivity index (χ2n) is 4.60. The molecule has 0 aliphatic carbocycles. The van der Waals surface area contributed by atoms with Gasteiger partial charge in [0.15, 0.2) is 0 Å². The van der Waals surface area contributed by atoms with Crippen molar-refractivity contribution in [3.8, 4) is 10.6 Å². The normalized spacial score (nSPS) is 10.8. The molecule has 3 nitrogen and oxygen atoms in total. The van der Waals surface area contributed by atoms with Gasteiger partial charge < -0.3 is 5.11 Å². The van der Waals surface area contributed by atoms with Crippen molar-refractivity contribution in [3.05, 3.63) is 53.5 Å². The minimum atomic E-state index is -0.787. The zero-order valence-electron chi connectivity index (χ0n) is 10.7. The highest BCUT2D eigenvalue weighted by Crippen LogP contribution is 2.27. The van der Waals surface area contributed by atoms with Gasteiger partial charge in [-0.1, -0.05) is 36.4 Å². The second kappa shape index (κ2) is 5.43. The molecule has 0 aliphatic rings. The third kappa shape index (κ3) is 2.70. The number of carboxylic acid groups (broad SMARTS) is 1. The fraction of sp³-hybridized carbons (Fsp3) is 0.125. The highest BCUT2D eigenvalue weighted by Gasteiger charge is 2.07. The Bertz CT molecular complexity index is 764. The van der Waals surface area contributed by atoms with Gasteiger partial charge in [0.2, 0.25) is 0 Å². The van der Waals surface area contributed by atoms with E-state index < -0.39 is 5.97 Å². The SMILES string of the molecule is O=C(O)CCc1csc(-c2ccc3ccccc3c2)n1. The number of hydrogen-bond donors (Lipinski definition) is 1. The Balaban J connectivity index is 1.89. The van der Waals surface area contributed by atoms with Crippen LogP contribution in [0, 0.1) is 0 Å². The molecule has 0 saturated heterocycles. The van der Waals surface area contributed by atoms with Crippen LogP contribution in [-0.4, -0.2) is 16.1 Å². The summed E-state index contributed by atoms with van der Waals surface area (Å²) in [4.78, 5) is 15.1. The quantitative estimate of drug-likeness (QED) is 0.788. The molecule has 2 aromatic carbocycles. The molecule has 20 heavy (non-hydrogen) atoms. The van der Waals surface area contributed by atoms with Crippen LogP contribution in [0.2, 0.25) is 0 Å². The Hall–Kier alpha value is -2.20. The standard InChI is InChI=1S/C16H13NO2S/c18-15(19)8-7-14-10-20-16(17-14)13-6-5-11-3-1-2-4-12(11)9-13/h1-6,9-10H,7-8H2,(H,18,19). The fourth-order valence-corrected chi connectivity index (χ4v) is 2.96. The summed E-state index contributed by atoms with van der Waals surface area (Å²) in [5, 5.41) is 14.0. The number of carboxylic acids is 1. The summed E-state index contributed by atoms with van der Waals surface area (Å²) < 4.78 is 0. The van der Waals surface area contributed by atoms with E-state index >= 15 is 0 Å². The molecule has 1 N–H and O–H groups in total. The van der Waals surface area contributed by atoms with E-state index in [1.807, 2.05) is 17.5 Å². The molecule has 0 unspecified atom stereocenters. The Labute approximate surface area is 120 Å². The molecule has 0 aliphatic heterocycles. The molecule has 0 fully saturated rings. The van der Waals surface area contributed by atoms with Gasteiger partial charge in [-0.05, 0) is 16.8 Å². The molecule has 0 amide bonds. The van der Waals surface area contributed by atoms with Crippen LogP contribution in [0.5, 0.6) is 0 Å². The van der Waals surface area contributed by atoms with E-state index in [0.717, 1.165) is 16.3 Å². The largest absolute Gasteiger partial charge is 0.481 e. The number of aryl methyl sites for hydroxylation is 1. The molecule has 1 heterocycles. The molecule has 3 rings (SSSR count). The van der Waals surface area contributed by atoms with E-state index in [0.29, 0.717) is 6.42 Å². The third-order valence-electron chi connectivity index (χ3n) is 3.14. The van der Waals surface area contributed by atoms with Gasteiger partial charge in [-0.2, -0.15) is 0 Å².